The molecular weight excluding hydrogens is 359 g/mol. The van der Waals surface area contributed by atoms with Crippen molar-refractivity contribution in [1.82, 2.24) is 4.90 Å². The van der Waals surface area contributed by atoms with E-state index in [4.69, 9.17) is 17.0 Å². The Morgan fingerprint density at radius 3 is 2.62 bits per heavy atom. The van der Waals surface area contributed by atoms with Crippen LogP contribution in [-0.4, -0.2) is 35.2 Å². The molecule has 0 bridgehead atoms. The predicted octanol–water partition coefficient (Wildman–Crippen LogP) is 3.56. The highest BCUT2D eigenvalue weighted by molar-refractivity contribution is 9.10. The zero-order valence-electron chi connectivity index (χ0n) is 12.4. The number of esters is 1. The van der Waals surface area contributed by atoms with Gasteiger partial charge in [-0.1, -0.05) is 0 Å². The highest BCUT2D eigenvalue weighted by Gasteiger charge is 2.18. The summed E-state index contributed by atoms with van der Waals surface area (Å²) in [5.74, 6) is -0.715. The molecule has 0 fully saturated rings. The maximum Gasteiger partial charge on any atom is 0.326 e. The van der Waals surface area contributed by atoms with Gasteiger partial charge >= 0.3 is 5.97 Å². The number of likely N-dealkylation sites (N-methyl/N-ethyl adjacent to an activating group) is 1. The molecule has 0 saturated carbocycles. The number of nitrogens with one attached hydrogen (secondary N) is 1. The lowest BCUT2D eigenvalue weighted by molar-refractivity contribution is -0.154. The van der Waals surface area contributed by atoms with Crippen LogP contribution in [0.25, 0.3) is 0 Å². The number of halogens is 2. The van der Waals surface area contributed by atoms with E-state index >= 15 is 0 Å². The molecule has 1 aromatic carbocycles. The second kappa shape index (κ2) is 7.17. The van der Waals surface area contributed by atoms with Crippen molar-refractivity contribution in [2.75, 3.05) is 18.9 Å². The second-order valence-corrected chi connectivity index (χ2v) is 6.74. The SMILES string of the molecule is CN(CC(=O)OC(C)(C)C)C(=S)Nc1ccc(F)cc1Br. The molecule has 1 rings (SSSR count). The Balaban J connectivity index is 2.61. The number of ether oxygens (including phenoxy) is 1. The van der Waals surface area contributed by atoms with Crippen LogP contribution in [0.4, 0.5) is 10.1 Å². The number of nitrogens with zero attached hydrogens (tertiary/aromatic N) is 1. The Hall–Kier alpha value is -1.21. The molecule has 0 aliphatic rings. The molecule has 0 aliphatic heterocycles. The van der Waals surface area contributed by atoms with Gasteiger partial charge in [0.15, 0.2) is 5.11 Å². The third kappa shape index (κ3) is 6.39. The molecule has 0 aliphatic carbocycles. The number of hydrogen-bond acceptors (Lipinski definition) is 3. The van der Waals surface area contributed by atoms with Crippen LogP contribution < -0.4 is 5.32 Å². The lowest BCUT2D eigenvalue weighted by atomic mass is 10.2. The van der Waals surface area contributed by atoms with Crippen molar-refractivity contribution in [1.29, 1.82) is 0 Å². The molecule has 7 heteroatoms. The molecule has 0 radical (unpaired) electrons. The van der Waals surface area contributed by atoms with Gasteiger partial charge in [0.25, 0.3) is 0 Å². The largest absolute Gasteiger partial charge is 0.459 e. The fourth-order valence-corrected chi connectivity index (χ4v) is 2.07. The average Bonchev–Trinajstić information content (AvgIpc) is 2.29. The maximum absolute atomic E-state index is 13.0. The molecule has 4 nitrogen and oxygen atoms in total. The van der Waals surface area contributed by atoms with Gasteiger partial charge in [-0.3, -0.25) is 4.79 Å². The van der Waals surface area contributed by atoms with Gasteiger partial charge in [-0.15, -0.1) is 0 Å². The normalized spacial score (nSPS) is 11.0. The van der Waals surface area contributed by atoms with Crippen LogP contribution in [0.3, 0.4) is 0 Å². The monoisotopic (exact) mass is 376 g/mol. The summed E-state index contributed by atoms with van der Waals surface area (Å²) >= 11 is 8.45. The summed E-state index contributed by atoms with van der Waals surface area (Å²) in [6.07, 6.45) is 0. The average molecular weight is 377 g/mol. The van der Waals surface area contributed by atoms with E-state index in [9.17, 15) is 9.18 Å². The third-order valence-electron chi connectivity index (χ3n) is 2.31. The second-order valence-electron chi connectivity index (χ2n) is 5.50. The first-order valence-corrected chi connectivity index (χ1v) is 7.47. The number of anilines is 1. The Morgan fingerprint density at radius 2 is 2.10 bits per heavy atom. The lowest BCUT2D eigenvalue weighted by Gasteiger charge is -2.24. The minimum Gasteiger partial charge on any atom is -0.459 e. The maximum atomic E-state index is 13.0. The minimum absolute atomic E-state index is 0.0297. The highest BCUT2D eigenvalue weighted by Crippen LogP contribution is 2.23. The molecule has 0 aromatic heterocycles. The Morgan fingerprint density at radius 1 is 1.48 bits per heavy atom. The Bertz CT molecular complexity index is 546. The molecule has 0 saturated heterocycles. The summed E-state index contributed by atoms with van der Waals surface area (Å²) in [6, 6.07) is 4.22. The number of benzene rings is 1. The van der Waals surface area contributed by atoms with Gasteiger partial charge in [0.2, 0.25) is 0 Å². The van der Waals surface area contributed by atoms with Gasteiger partial charge in [0, 0.05) is 11.5 Å². The van der Waals surface area contributed by atoms with E-state index < -0.39 is 5.60 Å². The molecule has 0 unspecified atom stereocenters. The molecule has 116 valence electrons. The van der Waals surface area contributed by atoms with Gasteiger partial charge in [-0.2, -0.15) is 0 Å². The van der Waals surface area contributed by atoms with Crippen molar-refractivity contribution in [2.45, 2.75) is 26.4 Å². The predicted molar refractivity (Wildman–Crippen MR) is 88.8 cm³/mol. The smallest absolute Gasteiger partial charge is 0.326 e. The summed E-state index contributed by atoms with van der Waals surface area (Å²) in [6.45, 7) is 5.44. The first-order valence-electron chi connectivity index (χ1n) is 6.27. The summed E-state index contributed by atoms with van der Waals surface area (Å²) in [4.78, 5) is 13.3. The highest BCUT2D eigenvalue weighted by atomic mass is 79.9. The molecule has 21 heavy (non-hydrogen) atoms. The van der Waals surface area contributed by atoms with Crippen LogP contribution in [0.2, 0.25) is 0 Å². The van der Waals surface area contributed by atoms with Crippen molar-refractivity contribution >= 4 is 44.9 Å². The van der Waals surface area contributed by atoms with E-state index in [2.05, 4.69) is 21.2 Å². The molecular formula is C14H18BrFN2O2S. The van der Waals surface area contributed by atoms with Crippen LogP contribution in [0, 0.1) is 5.82 Å². The molecule has 1 aromatic rings. The summed E-state index contributed by atoms with van der Waals surface area (Å²) in [5, 5.41) is 3.28. The number of carbonyl (C=O) groups is 1. The van der Waals surface area contributed by atoms with E-state index in [1.54, 1.807) is 38.8 Å². The Kier molecular flexibility index (Phi) is 6.10. The molecule has 0 spiro atoms. The van der Waals surface area contributed by atoms with Crippen molar-refractivity contribution in [3.05, 3.63) is 28.5 Å². The van der Waals surface area contributed by atoms with Crippen molar-refractivity contribution in [3.63, 3.8) is 0 Å². The van der Waals surface area contributed by atoms with Crippen molar-refractivity contribution in [3.8, 4) is 0 Å². The van der Waals surface area contributed by atoms with Gasteiger partial charge in [0.1, 0.15) is 18.0 Å². The van der Waals surface area contributed by atoms with Gasteiger partial charge in [0.05, 0.1) is 5.69 Å². The van der Waals surface area contributed by atoms with Crippen molar-refractivity contribution in [2.24, 2.45) is 0 Å². The first kappa shape index (κ1) is 17.8. The number of hydrogen-bond donors (Lipinski definition) is 1. The first-order chi connectivity index (χ1) is 9.58. The summed E-state index contributed by atoms with van der Waals surface area (Å²) < 4.78 is 18.8. The van der Waals surface area contributed by atoms with E-state index in [0.29, 0.717) is 15.3 Å². The fourth-order valence-electron chi connectivity index (χ4n) is 1.44. The summed E-state index contributed by atoms with van der Waals surface area (Å²) in [5.41, 5.74) is 0.0879. The summed E-state index contributed by atoms with van der Waals surface area (Å²) in [7, 11) is 1.68. The van der Waals surface area contributed by atoms with Gasteiger partial charge < -0.3 is 15.0 Å². The lowest BCUT2D eigenvalue weighted by Crippen LogP contribution is -2.38. The molecule has 0 atom stereocenters. The Labute approximate surface area is 137 Å². The number of rotatable bonds is 3. The molecule has 0 amide bonds. The number of thiocarbonyl (C=S) groups is 1. The fraction of sp³-hybridized carbons (Fsp3) is 0.429. The minimum atomic E-state index is -0.535. The van der Waals surface area contributed by atoms with Crippen LogP contribution in [0.15, 0.2) is 22.7 Å². The topological polar surface area (TPSA) is 41.6 Å². The van der Waals surface area contributed by atoms with Crippen LogP contribution >= 0.6 is 28.1 Å². The van der Waals surface area contributed by atoms with E-state index in [0.717, 1.165) is 0 Å². The zero-order valence-corrected chi connectivity index (χ0v) is 14.8. The standard InChI is InChI=1S/C14H18BrFN2O2S/c1-14(2,3)20-12(19)8-18(4)13(21)17-11-6-5-9(16)7-10(11)15/h5-7H,8H2,1-4H3,(H,17,21). The van der Waals surface area contributed by atoms with Gasteiger partial charge in [-0.05, 0) is 67.1 Å². The third-order valence-corrected chi connectivity index (χ3v) is 3.38. The van der Waals surface area contributed by atoms with E-state index in [-0.39, 0.29) is 18.3 Å². The van der Waals surface area contributed by atoms with Crippen LogP contribution in [0.5, 0.6) is 0 Å². The molecule has 0 heterocycles. The van der Waals surface area contributed by atoms with Crippen LogP contribution in [-0.2, 0) is 9.53 Å². The zero-order chi connectivity index (χ0) is 16.2. The quantitative estimate of drug-likeness (QED) is 0.645. The molecule has 1 N–H and O–H groups in total. The van der Waals surface area contributed by atoms with Crippen LogP contribution in [0.1, 0.15) is 20.8 Å². The van der Waals surface area contributed by atoms with E-state index in [1.165, 1.54) is 12.1 Å². The number of carbonyl (C=O) groups excluding carboxylic acids is 1. The van der Waals surface area contributed by atoms with Gasteiger partial charge in [-0.25, -0.2) is 4.39 Å². The van der Waals surface area contributed by atoms with Crippen molar-refractivity contribution < 1.29 is 13.9 Å². The van der Waals surface area contributed by atoms with E-state index in [1.807, 2.05) is 0 Å².